The van der Waals surface area contributed by atoms with Crippen LogP contribution in [0.15, 0.2) is 64.1 Å². The van der Waals surface area contributed by atoms with Crippen LogP contribution in [-0.4, -0.2) is 22.6 Å². The first-order chi connectivity index (χ1) is 13.7. The molecule has 10 heteroatoms. The van der Waals surface area contributed by atoms with E-state index in [0.717, 1.165) is 18.2 Å². The highest BCUT2D eigenvalue weighted by atomic mass is 32.2. The topological polar surface area (TPSA) is 77.8 Å². The molecule has 0 unspecified atom stereocenters. The lowest BCUT2D eigenvalue weighted by molar-refractivity contribution is -0.137. The van der Waals surface area contributed by atoms with Crippen LogP contribution in [0.3, 0.4) is 0 Å². The molecule has 3 aromatic rings. The largest absolute Gasteiger partial charge is 0.493 e. The van der Waals surface area contributed by atoms with E-state index in [-0.39, 0.29) is 11.4 Å². The van der Waals surface area contributed by atoms with Gasteiger partial charge in [0, 0.05) is 11.6 Å². The van der Waals surface area contributed by atoms with Gasteiger partial charge in [0.25, 0.3) is 10.0 Å². The van der Waals surface area contributed by atoms with Gasteiger partial charge in [0.1, 0.15) is 5.76 Å². The quantitative estimate of drug-likeness (QED) is 0.612. The van der Waals surface area contributed by atoms with Crippen molar-refractivity contribution in [2.24, 2.45) is 0 Å². The average molecular weight is 427 g/mol. The number of anilines is 1. The fraction of sp³-hybridized carbons (Fsp3) is 0.158. The standard InChI is InChI=1S/C19H16F3NO5S/c1-26-17-10-14(16-7-4-8-28-16)15(11-18(17)27-2)23-29(24,25)13-6-3-5-12(9-13)19(20,21)22/h3-11,23H,1-2H3. The predicted molar refractivity (Wildman–Crippen MR) is 99.5 cm³/mol. The Morgan fingerprint density at radius 3 is 2.24 bits per heavy atom. The molecule has 0 saturated heterocycles. The summed E-state index contributed by atoms with van der Waals surface area (Å²) < 4.78 is 82.5. The summed E-state index contributed by atoms with van der Waals surface area (Å²) in [5.41, 5.74) is -0.697. The molecule has 0 radical (unpaired) electrons. The Morgan fingerprint density at radius 1 is 0.966 bits per heavy atom. The van der Waals surface area contributed by atoms with Gasteiger partial charge in [-0.3, -0.25) is 4.72 Å². The molecule has 2 aromatic carbocycles. The molecule has 29 heavy (non-hydrogen) atoms. The number of hydrogen-bond acceptors (Lipinski definition) is 5. The third kappa shape index (κ3) is 4.32. The first-order valence-electron chi connectivity index (χ1n) is 8.15. The second-order valence-electron chi connectivity index (χ2n) is 5.86. The van der Waals surface area contributed by atoms with E-state index in [0.29, 0.717) is 23.1 Å². The smallest absolute Gasteiger partial charge is 0.416 e. The van der Waals surface area contributed by atoms with Crippen molar-refractivity contribution in [2.45, 2.75) is 11.1 Å². The summed E-state index contributed by atoms with van der Waals surface area (Å²) in [5, 5.41) is 0. The molecule has 0 aliphatic rings. The number of hydrogen-bond donors (Lipinski definition) is 1. The molecule has 6 nitrogen and oxygen atoms in total. The third-order valence-corrected chi connectivity index (χ3v) is 5.39. The first-order valence-corrected chi connectivity index (χ1v) is 9.64. The number of methoxy groups -OCH3 is 2. The lowest BCUT2D eigenvalue weighted by Crippen LogP contribution is -2.15. The summed E-state index contributed by atoms with van der Waals surface area (Å²) in [5.74, 6) is 0.873. The van der Waals surface area contributed by atoms with Crippen molar-refractivity contribution in [2.75, 3.05) is 18.9 Å². The first kappa shape index (κ1) is 20.6. The maximum Gasteiger partial charge on any atom is 0.416 e. The number of furan rings is 1. The summed E-state index contributed by atoms with van der Waals surface area (Å²) in [7, 11) is -1.56. The number of sulfonamides is 1. The van der Waals surface area contributed by atoms with E-state index in [9.17, 15) is 21.6 Å². The van der Waals surface area contributed by atoms with Gasteiger partial charge < -0.3 is 13.9 Å². The second kappa shape index (κ2) is 7.70. The molecular formula is C19H16F3NO5S. The fourth-order valence-corrected chi connectivity index (χ4v) is 3.76. The minimum Gasteiger partial charge on any atom is -0.493 e. The number of halogens is 3. The van der Waals surface area contributed by atoms with Gasteiger partial charge in [0.15, 0.2) is 11.5 Å². The van der Waals surface area contributed by atoms with Crippen molar-refractivity contribution >= 4 is 15.7 Å². The number of nitrogens with one attached hydrogen (secondary N) is 1. The Morgan fingerprint density at radius 2 is 1.66 bits per heavy atom. The molecule has 0 bridgehead atoms. The number of alkyl halides is 3. The van der Waals surface area contributed by atoms with E-state index in [4.69, 9.17) is 13.9 Å². The number of rotatable bonds is 6. The van der Waals surface area contributed by atoms with Crippen LogP contribution in [0.4, 0.5) is 18.9 Å². The van der Waals surface area contributed by atoms with Crippen LogP contribution in [0.2, 0.25) is 0 Å². The molecular weight excluding hydrogens is 411 g/mol. The molecule has 1 aromatic heterocycles. The van der Waals surface area contributed by atoms with Crippen LogP contribution in [0.1, 0.15) is 5.56 Å². The summed E-state index contributed by atoms with van der Waals surface area (Å²) in [6.07, 6.45) is -3.27. The van der Waals surface area contributed by atoms with Crippen LogP contribution < -0.4 is 14.2 Å². The van der Waals surface area contributed by atoms with Crippen LogP contribution in [0.5, 0.6) is 11.5 Å². The Labute approximate surface area is 164 Å². The molecule has 3 rings (SSSR count). The van der Waals surface area contributed by atoms with Gasteiger partial charge in [0.2, 0.25) is 0 Å². The van der Waals surface area contributed by atoms with Crippen molar-refractivity contribution in [3.63, 3.8) is 0 Å². The minimum absolute atomic E-state index is 0.0509. The molecule has 0 aliphatic heterocycles. The second-order valence-corrected chi connectivity index (χ2v) is 7.54. The highest BCUT2D eigenvalue weighted by Gasteiger charge is 2.32. The van der Waals surface area contributed by atoms with Crippen LogP contribution in [0.25, 0.3) is 11.3 Å². The summed E-state index contributed by atoms with van der Waals surface area (Å²) in [4.78, 5) is -0.535. The van der Waals surface area contributed by atoms with E-state index in [1.165, 1.54) is 32.6 Å². The third-order valence-electron chi connectivity index (χ3n) is 4.03. The van der Waals surface area contributed by atoms with Gasteiger partial charge in [0.05, 0.1) is 36.6 Å². The molecule has 0 amide bonds. The van der Waals surface area contributed by atoms with Crippen LogP contribution in [0, 0.1) is 0 Å². The van der Waals surface area contributed by atoms with Crippen molar-refractivity contribution in [1.29, 1.82) is 0 Å². The fourth-order valence-electron chi connectivity index (χ4n) is 2.64. The lowest BCUT2D eigenvalue weighted by atomic mass is 10.1. The Bertz CT molecular complexity index is 1110. The van der Waals surface area contributed by atoms with Gasteiger partial charge >= 0.3 is 6.18 Å². The number of benzene rings is 2. The molecule has 0 fully saturated rings. The van der Waals surface area contributed by atoms with E-state index in [2.05, 4.69) is 4.72 Å². The van der Waals surface area contributed by atoms with Gasteiger partial charge in [-0.05, 0) is 36.4 Å². The molecule has 0 spiro atoms. The molecule has 1 heterocycles. The minimum atomic E-state index is -4.67. The van der Waals surface area contributed by atoms with Crippen LogP contribution in [-0.2, 0) is 16.2 Å². The average Bonchev–Trinajstić information content (AvgIpc) is 3.21. The van der Waals surface area contributed by atoms with Crippen molar-refractivity contribution < 1.29 is 35.5 Å². The van der Waals surface area contributed by atoms with Gasteiger partial charge in [-0.2, -0.15) is 13.2 Å². The van der Waals surface area contributed by atoms with Crippen molar-refractivity contribution in [3.8, 4) is 22.8 Å². The molecule has 154 valence electrons. The van der Waals surface area contributed by atoms with Gasteiger partial charge in [-0.1, -0.05) is 6.07 Å². The highest BCUT2D eigenvalue weighted by molar-refractivity contribution is 7.92. The SMILES string of the molecule is COc1cc(NS(=O)(=O)c2cccc(C(F)(F)F)c2)c(-c2ccco2)cc1OC. The van der Waals surface area contributed by atoms with E-state index in [1.807, 2.05) is 0 Å². The normalized spacial score (nSPS) is 11.9. The zero-order valence-electron chi connectivity index (χ0n) is 15.3. The lowest BCUT2D eigenvalue weighted by Gasteiger charge is -2.16. The zero-order valence-corrected chi connectivity index (χ0v) is 16.1. The monoisotopic (exact) mass is 427 g/mol. The highest BCUT2D eigenvalue weighted by Crippen LogP contribution is 2.40. The molecule has 0 atom stereocenters. The van der Waals surface area contributed by atoms with Crippen LogP contribution >= 0.6 is 0 Å². The molecule has 0 aliphatic carbocycles. The Hall–Kier alpha value is -3.14. The molecule has 1 N–H and O–H groups in total. The van der Waals surface area contributed by atoms with Crippen molar-refractivity contribution in [3.05, 3.63) is 60.4 Å². The van der Waals surface area contributed by atoms with E-state index >= 15 is 0 Å². The zero-order chi connectivity index (χ0) is 21.2. The van der Waals surface area contributed by atoms with E-state index in [1.54, 1.807) is 12.1 Å². The van der Waals surface area contributed by atoms with Gasteiger partial charge in [-0.15, -0.1) is 0 Å². The van der Waals surface area contributed by atoms with Crippen molar-refractivity contribution in [1.82, 2.24) is 0 Å². The summed E-state index contributed by atoms with van der Waals surface area (Å²) in [6, 6.07) is 9.54. The molecule has 0 saturated carbocycles. The summed E-state index contributed by atoms with van der Waals surface area (Å²) in [6.45, 7) is 0. The Kier molecular flexibility index (Phi) is 5.47. The predicted octanol–water partition coefficient (Wildman–Crippen LogP) is 4.78. The Balaban J connectivity index is 2.09. The maximum atomic E-state index is 13.0. The van der Waals surface area contributed by atoms with E-state index < -0.39 is 26.7 Å². The van der Waals surface area contributed by atoms with Gasteiger partial charge in [-0.25, -0.2) is 8.42 Å². The summed E-state index contributed by atoms with van der Waals surface area (Å²) >= 11 is 0. The number of ether oxygens (including phenoxy) is 2. The maximum absolute atomic E-state index is 13.0.